The molecule has 0 spiro atoms. The van der Waals surface area contributed by atoms with Crippen LogP contribution in [-0.4, -0.2) is 48.0 Å². The first-order valence-electron chi connectivity index (χ1n) is 10.9. The molecule has 3 aromatic rings. The lowest BCUT2D eigenvalue weighted by molar-refractivity contribution is -0.136. The Morgan fingerprint density at radius 2 is 2.06 bits per heavy atom. The van der Waals surface area contributed by atoms with Gasteiger partial charge in [-0.1, -0.05) is 6.07 Å². The van der Waals surface area contributed by atoms with Crippen LogP contribution in [0.5, 0.6) is 5.75 Å². The minimum atomic E-state index is -0.648. The van der Waals surface area contributed by atoms with Gasteiger partial charge in [-0.3, -0.25) is 24.4 Å². The molecule has 1 saturated heterocycles. The van der Waals surface area contributed by atoms with Crippen LogP contribution in [0.1, 0.15) is 40.0 Å². The Bertz CT molecular complexity index is 1230. The van der Waals surface area contributed by atoms with Crippen LogP contribution >= 0.6 is 0 Å². The number of aromatic nitrogens is 4. The zero-order chi connectivity index (χ0) is 22.9. The van der Waals surface area contributed by atoms with E-state index in [1.165, 1.54) is 4.90 Å². The number of fused-ring (bicyclic) bond motifs is 1. The smallest absolute Gasteiger partial charge is 0.255 e. The molecule has 170 valence electrons. The van der Waals surface area contributed by atoms with Gasteiger partial charge in [0.2, 0.25) is 11.8 Å². The van der Waals surface area contributed by atoms with Crippen molar-refractivity contribution in [2.75, 3.05) is 0 Å². The summed E-state index contributed by atoms with van der Waals surface area (Å²) in [6.07, 6.45) is 8.08. The number of amides is 3. The Balaban J connectivity index is 1.23. The van der Waals surface area contributed by atoms with Gasteiger partial charge in [-0.2, -0.15) is 5.10 Å². The number of ether oxygens (including phenoxy) is 1. The van der Waals surface area contributed by atoms with Crippen molar-refractivity contribution >= 4 is 17.7 Å². The summed E-state index contributed by atoms with van der Waals surface area (Å²) >= 11 is 0. The number of carbonyl (C=O) groups is 3. The van der Waals surface area contributed by atoms with E-state index in [0.717, 1.165) is 29.9 Å². The normalized spacial score (nSPS) is 17.9. The highest BCUT2D eigenvalue weighted by atomic mass is 16.5. The average molecular weight is 448 g/mol. The number of hydrogen-bond donors (Lipinski definition) is 1. The number of nitrogens with one attached hydrogen (secondary N) is 1. The number of imidazole rings is 1. The quantitative estimate of drug-likeness (QED) is 0.548. The second-order valence-corrected chi connectivity index (χ2v) is 8.35. The van der Waals surface area contributed by atoms with Gasteiger partial charge in [-0.25, -0.2) is 4.98 Å². The number of piperidine rings is 1. The van der Waals surface area contributed by atoms with Crippen LogP contribution in [0, 0.1) is 6.92 Å². The fourth-order valence-corrected chi connectivity index (χ4v) is 4.25. The molecule has 1 N–H and O–H groups in total. The van der Waals surface area contributed by atoms with Crippen LogP contribution < -0.4 is 10.1 Å². The standard InChI is InChI=1S/C23H24N6O4/c1-15-9-25-28(10-15)8-7-27-11-16(24-14-27)13-33-20-4-2-3-17-18(20)12-29(23(17)32)19-5-6-21(30)26-22(19)31/h2-4,9-11,14,19H,5-8,12-13H2,1H3,(H,26,30,31). The monoisotopic (exact) mass is 448 g/mol. The molecule has 2 aromatic heterocycles. The van der Waals surface area contributed by atoms with E-state index in [1.54, 1.807) is 18.5 Å². The Kier molecular flexibility index (Phi) is 5.41. The molecular weight excluding hydrogens is 424 g/mol. The highest BCUT2D eigenvalue weighted by Crippen LogP contribution is 2.33. The molecule has 3 amide bonds. The molecule has 4 heterocycles. The van der Waals surface area contributed by atoms with Gasteiger partial charge < -0.3 is 14.2 Å². The third-order valence-electron chi connectivity index (χ3n) is 5.95. The van der Waals surface area contributed by atoms with Crippen molar-refractivity contribution in [3.05, 3.63) is 65.5 Å². The van der Waals surface area contributed by atoms with E-state index in [0.29, 0.717) is 17.7 Å². The molecule has 5 rings (SSSR count). The molecule has 33 heavy (non-hydrogen) atoms. The van der Waals surface area contributed by atoms with Gasteiger partial charge in [0.05, 0.1) is 31.3 Å². The maximum Gasteiger partial charge on any atom is 0.255 e. The summed E-state index contributed by atoms with van der Waals surface area (Å²) in [6, 6.07) is 4.67. The third kappa shape index (κ3) is 4.23. The predicted octanol–water partition coefficient (Wildman–Crippen LogP) is 1.43. The van der Waals surface area contributed by atoms with Crippen molar-refractivity contribution in [3.8, 4) is 5.75 Å². The highest BCUT2D eigenvalue weighted by Gasteiger charge is 2.40. The summed E-state index contributed by atoms with van der Waals surface area (Å²) in [5.74, 6) is -0.352. The second kappa shape index (κ2) is 8.53. The summed E-state index contributed by atoms with van der Waals surface area (Å²) in [5.41, 5.74) is 3.17. The number of carbonyl (C=O) groups excluding carboxylic acids is 3. The lowest BCUT2D eigenvalue weighted by atomic mass is 10.0. The molecule has 1 unspecified atom stereocenters. The van der Waals surface area contributed by atoms with Gasteiger partial charge in [0.1, 0.15) is 18.4 Å². The number of imide groups is 1. The van der Waals surface area contributed by atoms with E-state index >= 15 is 0 Å². The number of rotatable bonds is 7. The lowest BCUT2D eigenvalue weighted by Gasteiger charge is -2.29. The Labute approximate surface area is 190 Å². The topological polar surface area (TPSA) is 111 Å². The lowest BCUT2D eigenvalue weighted by Crippen LogP contribution is -2.52. The number of nitrogens with zero attached hydrogens (tertiary/aromatic N) is 5. The summed E-state index contributed by atoms with van der Waals surface area (Å²) in [5, 5.41) is 6.61. The molecule has 1 aromatic carbocycles. The van der Waals surface area contributed by atoms with E-state index in [4.69, 9.17) is 4.74 Å². The fourth-order valence-electron chi connectivity index (χ4n) is 4.25. The van der Waals surface area contributed by atoms with Crippen LogP contribution in [0.25, 0.3) is 0 Å². The third-order valence-corrected chi connectivity index (χ3v) is 5.95. The molecule has 2 aliphatic rings. The number of hydrogen-bond acceptors (Lipinski definition) is 6. The van der Waals surface area contributed by atoms with Gasteiger partial charge in [-0.15, -0.1) is 0 Å². The van der Waals surface area contributed by atoms with Gasteiger partial charge >= 0.3 is 0 Å². The first kappa shape index (κ1) is 20.9. The zero-order valence-corrected chi connectivity index (χ0v) is 18.2. The average Bonchev–Trinajstić information content (AvgIpc) is 3.51. The van der Waals surface area contributed by atoms with Crippen molar-refractivity contribution in [3.63, 3.8) is 0 Å². The molecule has 0 saturated carbocycles. The molecule has 0 radical (unpaired) electrons. The molecule has 2 aliphatic heterocycles. The minimum absolute atomic E-state index is 0.219. The highest BCUT2D eigenvalue weighted by molar-refractivity contribution is 6.05. The molecule has 1 atom stereocenters. The van der Waals surface area contributed by atoms with Crippen molar-refractivity contribution in [2.45, 2.75) is 52.0 Å². The molecular formula is C23H24N6O4. The summed E-state index contributed by atoms with van der Waals surface area (Å²) in [4.78, 5) is 42.6. The van der Waals surface area contributed by atoms with Crippen molar-refractivity contribution in [1.82, 2.24) is 29.5 Å². The van der Waals surface area contributed by atoms with Crippen LogP contribution in [0.3, 0.4) is 0 Å². The Hall–Kier alpha value is -3.95. The number of aryl methyl sites for hydroxylation is 3. The largest absolute Gasteiger partial charge is 0.487 e. The minimum Gasteiger partial charge on any atom is -0.487 e. The molecule has 0 bridgehead atoms. The van der Waals surface area contributed by atoms with E-state index in [-0.39, 0.29) is 31.4 Å². The Morgan fingerprint density at radius 3 is 2.85 bits per heavy atom. The van der Waals surface area contributed by atoms with E-state index < -0.39 is 11.9 Å². The fraction of sp³-hybridized carbons (Fsp3) is 0.348. The SMILES string of the molecule is Cc1cnn(CCn2cnc(COc3cccc4c3CN(C3CCC(=O)NC3=O)C4=O)c2)c1. The van der Waals surface area contributed by atoms with Gasteiger partial charge in [0.25, 0.3) is 5.91 Å². The van der Waals surface area contributed by atoms with Crippen molar-refractivity contribution in [1.29, 1.82) is 0 Å². The van der Waals surface area contributed by atoms with Gasteiger partial charge in [-0.05, 0) is 31.0 Å². The maximum atomic E-state index is 12.9. The van der Waals surface area contributed by atoms with Gasteiger partial charge in [0, 0.05) is 36.5 Å². The van der Waals surface area contributed by atoms with E-state index in [9.17, 15) is 14.4 Å². The van der Waals surface area contributed by atoms with E-state index in [2.05, 4.69) is 15.4 Å². The predicted molar refractivity (Wildman–Crippen MR) is 116 cm³/mol. The molecule has 0 aliphatic carbocycles. The first-order valence-corrected chi connectivity index (χ1v) is 10.9. The summed E-state index contributed by atoms with van der Waals surface area (Å²) in [7, 11) is 0. The van der Waals surface area contributed by atoms with Crippen LogP contribution in [0.15, 0.2) is 43.1 Å². The molecule has 10 heteroatoms. The van der Waals surface area contributed by atoms with Crippen LogP contribution in [0.4, 0.5) is 0 Å². The summed E-state index contributed by atoms with van der Waals surface area (Å²) < 4.78 is 9.89. The van der Waals surface area contributed by atoms with E-state index in [1.807, 2.05) is 40.8 Å². The zero-order valence-electron chi connectivity index (χ0n) is 18.2. The molecule has 10 nitrogen and oxygen atoms in total. The Morgan fingerprint density at radius 1 is 1.18 bits per heavy atom. The maximum absolute atomic E-state index is 12.9. The van der Waals surface area contributed by atoms with Crippen molar-refractivity contribution in [2.24, 2.45) is 0 Å². The number of benzene rings is 1. The second-order valence-electron chi connectivity index (χ2n) is 8.35. The van der Waals surface area contributed by atoms with Crippen LogP contribution in [0.2, 0.25) is 0 Å². The van der Waals surface area contributed by atoms with Crippen LogP contribution in [-0.2, 0) is 35.8 Å². The summed E-state index contributed by atoms with van der Waals surface area (Å²) in [6.45, 7) is 4.03. The first-order chi connectivity index (χ1) is 16.0. The van der Waals surface area contributed by atoms with Gasteiger partial charge in [0.15, 0.2) is 0 Å². The molecule has 1 fully saturated rings. The van der Waals surface area contributed by atoms with Crippen molar-refractivity contribution < 1.29 is 19.1 Å².